The van der Waals surface area contributed by atoms with Crippen molar-refractivity contribution in [2.45, 2.75) is 26.7 Å². The van der Waals surface area contributed by atoms with Crippen LogP contribution >= 0.6 is 0 Å². The summed E-state index contributed by atoms with van der Waals surface area (Å²) in [6, 6.07) is 4.17. The Hall–Kier alpha value is -1.00. The summed E-state index contributed by atoms with van der Waals surface area (Å²) in [5.41, 5.74) is 0.850. The number of methoxy groups -OCH3 is 1. The highest BCUT2D eigenvalue weighted by molar-refractivity contribution is 5.18. The third-order valence-electron chi connectivity index (χ3n) is 3.23. The van der Waals surface area contributed by atoms with E-state index in [0.717, 1.165) is 31.5 Å². The zero-order valence-corrected chi connectivity index (χ0v) is 12.6. The van der Waals surface area contributed by atoms with Crippen LogP contribution in [0.3, 0.4) is 0 Å². The number of benzene rings is 1. The van der Waals surface area contributed by atoms with Gasteiger partial charge in [-0.25, -0.2) is 8.78 Å². The largest absolute Gasteiger partial charge is 0.383 e. The molecule has 0 aliphatic heterocycles. The highest BCUT2D eigenvalue weighted by atomic mass is 19.2. The maximum Gasteiger partial charge on any atom is 0.159 e. The molecule has 0 aromatic heterocycles. The van der Waals surface area contributed by atoms with Crippen LogP contribution in [0.25, 0.3) is 0 Å². The Morgan fingerprint density at radius 3 is 2.55 bits per heavy atom. The lowest BCUT2D eigenvalue weighted by molar-refractivity contribution is 0.197. The number of hydrogen-bond donors (Lipinski definition) is 1. The Morgan fingerprint density at radius 1 is 1.20 bits per heavy atom. The van der Waals surface area contributed by atoms with Crippen molar-refractivity contribution < 1.29 is 13.5 Å². The van der Waals surface area contributed by atoms with Crippen LogP contribution in [0.4, 0.5) is 8.78 Å². The minimum Gasteiger partial charge on any atom is -0.383 e. The molecular weight excluding hydrogens is 260 g/mol. The first kappa shape index (κ1) is 17.1. The first-order chi connectivity index (χ1) is 9.52. The second-order valence-corrected chi connectivity index (χ2v) is 5.65. The highest BCUT2D eigenvalue weighted by Crippen LogP contribution is 2.18. The van der Waals surface area contributed by atoms with Crippen molar-refractivity contribution in [2.24, 2.45) is 11.8 Å². The van der Waals surface area contributed by atoms with E-state index < -0.39 is 11.6 Å². The fourth-order valence-electron chi connectivity index (χ4n) is 2.39. The molecule has 1 aromatic rings. The van der Waals surface area contributed by atoms with Gasteiger partial charge in [0.2, 0.25) is 0 Å². The number of hydrogen-bond acceptors (Lipinski definition) is 2. The van der Waals surface area contributed by atoms with Crippen molar-refractivity contribution in [3.8, 4) is 0 Å². The van der Waals surface area contributed by atoms with Crippen LogP contribution in [-0.2, 0) is 11.2 Å². The molecular formula is C16H25F2NO. The van der Waals surface area contributed by atoms with Crippen molar-refractivity contribution in [3.05, 3.63) is 35.4 Å². The van der Waals surface area contributed by atoms with E-state index in [1.165, 1.54) is 12.1 Å². The molecule has 20 heavy (non-hydrogen) atoms. The molecule has 2 nitrogen and oxygen atoms in total. The van der Waals surface area contributed by atoms with Crippen molar-refractivity contribution in [1.29, 1.82) is 0 Å². The van der Waals surface area contributed by atoms with Crippen LogP contribution < -0.4 is 5.32 Å². The molecule has 0 aliphatic rings. The van der Waals surface area contributed by atoms with Crippen LogP contribution in [0, 0.1) is 23.5 Å². The summed E-state index contributed by atoms with van der Waals surface area (Å²) >= 11 is 0. The van der Waals surface area contributed by atoms with Gasteiger partial charge in [0.15, 0.2) is 11.6 Å². The van der Waals surface area contributed by atoms with Crippen LogP contribution in [0.15, 0.2) is 18.2 Å². The van der Waals surface area contributed by atoms with E-state index in [4.69, 9.17) is 4.74 Å². The van der Waals surface area contributed by atoms with E-state index in [1.54, 1.807) is 13.2 Å². The standard InChI is InChI=1S/C16H25F2NO/c1-12(2)8-14(11-19-6-7-20-3)9-13-4-5-15(17)16(18)10-13/h4-5,10,12,14,19H,6-9,11H2,1-3H3. The van der Waals surface area contributed by atoms with Crippen molar-refractivity contribution in [2.75, 3.05) is 26.8 Å². The zero-order chi connectivity index (χ0) is 15.0. The lowest BCUT2D eigenvalue weighted by Crippen LogP contribution is -2.28. The summed E-state index contributed by atoms with van der Waals surface area (Å²) in [6.07, 6.45) is 1.81. The molecule has 0 aliphatic carbocycles. The lowest BCUT2D eigenvalue weighted by atomic mass is 9.91. The van der Waals surface area contributed by atoms with Gasteiger partial charge in [-0.3, -0.25) is 0 Å². The van der Waals surface area contributed by atoms with Gasteiger partial charge >= 0.3 is 0 Å². The molecule has 0 heterocycles. The maximum absolute atomic E-state index is 13.2. The average Bonchev–Trinajstić information content (AvgIpc) is 2.38. The highest BCUT2D eigenvalue weighted by Gasteiger charge is 2.13. The summed E-state index contributed by atoms with van der Waals surface area (Å²) in [5, 5.41) is 3.35. The van der Waals surface area contributed by atoms with E-state index in [2.05, 4.69) is 19.2 Å². The Morgan fingerprint density at radius 2 is 1.95 bits per heavy atom. The van der Waals surface area contributed by atoms with Crippen molar-refractivity contribution in [3.63, 3.8) is 0 Å². The molecule has 0 saturated carbocycles. The molecule has 0 saturated heterocycles. The van der Waals surface area contributed by atoms with E-state index in [-0.39, 0.29) is 0 Å². The second-order valence-electron chi connectivity index (χ2n) is 5.65. The molecule has 0 radical (unpaired) electrons. The van der Waals surface area contributed by atoms with Crippen LogP contribution in [-0.4, -0.2) is 26.8 Å². The zero-order valence-electron chi connectivity index (χ0n) is 12.6. The number of halogens is 2. The Balaban J connectivity index is 2.56. The molecule has 0 amide bonds. The topological polar surface area (TPSA) is 21.3 Å². The first-order valence-electron chi connectivity index (χ1n) is 7.16. The van der Waals surface area contributed by atoms with Gasteiger partial charge in [0.1, 0.15) is 0 Å². The van der Waals surface area contributed by atoms with Crippen LogP contribution in [0.5, 0.6) is 0 Å². The molecule has 1 aromatic carbocycles. The van der Waals surface area contributed by atoms with E-state index in [1.807, 2.05) is 0 Å². The molecule has 4 heteroatoms. The second kappa shape index (κ2) is 9.03. The number of ether oxygens (including phenoxy) is 1. The summed E-state index contributed by atoms with van der Waals surface area (Å²) < 4.78 is 31.2. The van der Waals surface area contributed by atoms with Crippen LogP contribution in [0.1, 0.15) is 25.8 Å². The molecule has 1 rings (SSSR count). The molecule has 1 atom stereocenters. The van der Waals surface area contributed by atoms with Gasteiger partial charge in [0.25, 0.3) is 0 Å². The smallest absolute Gasteiger partial charge is 0.159 e. The molecule has 114 valence electrons. The molecule has 1 N–H and O–H groups in total. The maximum atomic E-state index is 13.2. The van der Waals surface area contributed by atoms with Crippen molar-refractivity contribution >= 4 is 0 Å². The number of nitrogens with one attached hydrogen (secondary N) is 1. The summed E-state index contributed by atoms with van der Waals surface area (Å²) in [4.78, 5) is 0. The molecule has 0 fully saturated rings. The molecule has 1 unspecified atom stereocenters. The fraction of sp³-hybridized carbons (Fsp3) is 0.625. The average molecular weight is 285 g/mol. The van der Waals surface area contributed by atoms with Crippen LogP contribution in [0.2, 0.25) is 0 Å². The van der Waals surface area contributed by atoms with Gasteiger partial charge in [0.05, 0.1) is 6.61 Å². The SMILES string of the molecule is COCCNCC(Cc1ccc(F)c(F)c1)CC(C)C. The van der Waals surface area contributed by atoms with Crippen molar-refractivity contribution in [1.82, 2.24) is 5.32 Å². The molecule has 0 bridgehead atoms. The van der Waals surface area contributed by atoms with Gasteiger partial charge in [-0.05, 0) is 48.9 Å². The van der Waals surface area contributed by atoms with Gasteiger partial charge in [-0.1, -0.05) is 19.9 Å². The van der Waals surface area contributed by atoms with Gasteiger partial charge in [-0.2, -0.15) is 0 Å². The fourth-order valence-corrected chi connectivity index (χ4v) is 2.39. The molecule has 0 spiro atoms. The van der Waals surface area contributed by atoms with Gasteiger partial charge in [-0.15, -0.1) is 0 Å². The van der Waals surface area contributed by atoms with Gasteiger partial charge < -0.3 is 10.1 Å². The third kappa shape index (κ3) is 6.44. The summed E-state index contributed by atoms with van der Waals surface area (Å²) in [5.74, 6) is -0.559. The third-order valence-corrected chi connectivity index (χ3v) is 3.23. The normalized spacial score (nSPS) is 12.9. The minimum atomic E-state index is -0.785. The van der Waals surface area contributed by atoms with E-state index in [9.17, 15) is 8.78 Å². The Bertz CT molecular complexity index is 396. The van der Waals surface area contributed by atoms with E-state index >= 15 is 0 Å². The summed E-state index contributed by atoms with van der Waals surface area (Å²) in [7, 11) is 1.68. The predicted octanol–water partition coefficient (Wildman–Crippen LogP) is 3.41. The summed E-state index contributed by atoms with van der Waals surface area (Å²) in [6.45, 7) is 6.70. The quantitative estimate of drug-likeness (QED) is 0.702. The predicted molar refractivity (Wildman–Crippen MR) is 77.8 cm³/mol. The van der Waals surface area contributed by atoms with E-state index in [0.29, 0.717) is 18.4 Å². The monoisotopic (exact) mass is 285 g/mol. The first-order valence-corrected chi connectivity index (χ1v) is 7.16. The Kier molecular flexibility index (Phi) is 7.70. The van der Waals surface area contributed by atoms with Gasteiger partial charge in [0, 0.05) is 13.7 Å². The lowest BCUT2D eigenvalue weighted by Gasteiger charge is -2.20. The number of rotatable bonds is 9. The Labute approximate surface area is 120 Å². The minimum absolute atomic E-state index is 0.414.